The van der Waals surface area contributed by atoms with Gasteiger partial charge >= 0.3 is 12.3 Å². The Hall–Kier alpha value is -1.83. The largest absolute Gasteiger partial charge is 0.574 e. The van der Waals surface area contributed by atoms with Crippen molar-refractivity contribution in [2.24, 2.45) is 5.73 Å². The average Bonchev–Trinajstić information content (AvgIpc) is 2.14. The third-order valence-corrected chi connectivity index (χ3v) is 2.05. The van der Waals surface area contributed by atoms with E-state index in [0.717, 1.165) is 6.20 Å². The van der Waals surface area contributed by atoms with Gasteiger partial charge in [0.15, 0.2) is 0 Å². The van der Waals surface area contributed by atoms with Gasteiger partial charge in [0.25, 0.3) is 0 Å². The smallest absolute Gasteiger partial charge is 0.477 e. The van der Waals surface area contributed by atoms with E-state index in [2.05, 4.69) is 9.72 Å². The second-order valence-electron chi connectivity index (χ2n) is 3.15. The van der Waals surface area contributed by atoms with Crippen molar-refractivity contribution in [2.45, 2.75) is 19.8 Å². The van der Waals surface area contributed by atoms with Crippen LogP contribution in [0.5, 0.6) is 5.88 Å². The van der Waals surface area contributed by atoms with E-state index in [0.29, 0.717) is 5.56 Å². The molecule has 94 valence electrons. The first-order valence-electron chi connectivity index (χ1n) is 4.44. The summed E-state index contributed by atoms with van der Waals surface area (Å²) in [6.07, 6.45) is -3.93. The zero-order valence-corrected chi connectivity index (χ0v) is 8.71. The molecule has 1 rings (SSSR count). The van der Waals surface area contributed by atoms with Gasteiger partial charge in [-0.15, -0.1) is 13.2 Å². The van der Waals surface area contributed by atoms with Crippen molar-refractivity contribution in [3.8, 4) is 5.88 Å². The Morgan fingerprint density at radius 2 is 2.18 bits per heavy atom. The number of carbonyl (C=O) groups is 1. The molecule has 0 amide bonds. The molecule has 0 fully saturated rings. The molecule has 0 aliphatic heterocycles. The van der Waals surface area contributed by atoms with E-state index in [4.69, 9.17) is 10.8 Å². The molecule has 1 aromatic heterocycles. The Morgan fingerprint density at radius 1 is 1.59 bits per heavy atom. The Balaban J connectivity index is 3.32. The van der Waals surface area contributed by atoms with Crippen LogP contribution in [-0.4, -0.2) is 22.4 Å². The zero-order valence-electron chi connectivity index (χ0n) is 8.71. The van der Waals surface area contributed by atoms with Gasteiger partial charge in [0.05, 0.1) is 0 Å². The number of aromatic nitrogens is 1. The first-order valence-corrected chi connectivity index (χ1v) is 4.44. The van der Waals surface area contributed by atoms with Crippen LogP contribution in [0.2, 0.25) is 0 Å². The van der Waals surface area contributed by atoms with Crippen LogP contribution in [0.25, 0.3) is 0 Å². The average molecular weight is 250 g/mol. The number of ether oxygens (including phenoxy) is 1. The number of rotatable bonds is 3. The fourth-order valence-corrected chi connectivity index (χ4v) is 1.26. The number of carboxylic acids is 1. The Morgan fingerprint density at radius 3 is 2.59 bits per heavy atom. The third kappa shape index (κ3) is 3.06. The van der Waals surface area contributed by atoms with Crippen LogP contribution in [0.1, 0.15) is 21.5 Å². The first-order chi connectivity index (χ1) is 7.76. The second-order valence-corrected chi connectivity index (χ2v) is 3.15. The van der Waals surface area contributed by atoms with Crippen LogP contribution in [-0.2, 0) is 6.54 Å². The van der Waals surface area contributed by atoms with Crippen molar-refractivity contribution < 1.29 is 27.8 Å². The molecule has 8 heteroatoms. The van der Waals surface area contributed by atoms with Gasteiger partial charge in [0, 0.05) is 12.7 Å². The number of carboxylic acid groups (broad SMARTS) is 1. The molecule has 0 aliphatic carbocycles. The van der Waals surface area contributed by atoms with E-state index in [-0.39, 0.29) is 12.1 Å². The summed E-state index contributed by atoms with van der Waals surface area (Å²) in [5.41, 5.74) is 5.12. The van der Waals surface area contributed by atoms with Gasteiger partial charge in [0.2, 0.25) is 5.88 Å². The predicted octanol–water partition coefficient (Wildman–Crippen LogP) is 1.45. The summed E-state index contributed by atoms with van der Waals surface area (Å²) in [7, 11) is 0. The minimum atomic E-state index is -4.99. The van der Waals surface area contributed by atoms with Gasteiger partial charge in [-0.05, 0) is 18.1 Å². The standard InChI is InChI=1S/C9H9F3N2O3/c1-4-5(2-13)3-14-7(6(4)8(15)16)17-9(10,11)12/h3H,2,13H2,1H3,(H,15,16). The van der Waals surface area contributed by atoms with Crippen LogP contribution in [0.3, 0.4) is 0 Å². The fraction of sp³-hybridized carbons (Fsp3) is 0.333. The van der Waals surface area contributed by atoms with E-state index < -0.39 is 23.8 Å². The topological polar surface area (TPSA) is 85.4 Å². The highest BCUT2D eigenvalue weighted by Gasteiger charge is 2.34. The summed E-state index contributed by atoms with van der Waals surface area (Å²) >= 11 is 0. The molecule has 0 bridgehead atoms. The highest BCUT2D eigenvalue weighted by atomic mass is 19.4. The van der Waals surface area contributed by atoms with Crippen molar-refractivity contribution in [2.75, 3.05) is 0 Å². The molecule has 1 heterocycles. The number of nitrogens with zero attached hydrogens (tertiary/aromatic N) is 1. The molecule has 1 aromatic rings. The summed E-state index contributed by atoms with van der Waals surface area (Å²) in [5, 5.41) is 8.84. The molecule has 0 saturated carbocycles. The molecule has 0 radical (unpaired) electrons. The molecule has 0 spiro atoms. The Labute approximate surface area is 94.0 Å². The molecule has 0 aromatic carbocycles. The molecule has 5 nitrogen and oxygen atoms in total. The zero-order chi connectivity index (χ0) is 13.2. The minimum Gasteiger partial charge on any atom is -0.477 e. The summed E-state index contributed by atoms with van der Waals surface area (Å²) in [6, 6.07) is 0. The molecule has 17 heavy (non-hydrogen) atoms. The van der Waals surface area contributed by atoms with E-state index in [1.807, 2.05) is 0 Å². The molecule has 3 N–H and O–H groups in total. The van der Waals surface area contributed by atoms with E-state index in [1.54, 1.807) is 0 Å². The quantitative estimate of drug-likeness (QED) is 0.847. The number of alkyl halides is 3. The first kappa shape index (κ1) is 13.2. The Bertz CT molecular complexity index is 446. The van der Waals surface area contributed by atoms with Gasteiger partial charge in [-0.25, -0.2) is 9.78 Å². The van der Waals surface area contributed by atoms with Gasteiger partial charge in [-0.3, -0.25) is 0 Å². The third-order valence-electron chi connectivity index (χ3n) is 2.05. The van der Waals surface area contributed by atoms with Crippen LogP contribution in [0, 0.1) is 6.92 Å². The lowest BCUT2D eigenvalue weighted by Crippen LogP contribution is -2.21. The lowest BCUT2D eigenvalue weighted by Gasteiger charge is -2.13. The number of nitrogens with two attached hydrogens (primary N) is 1. The molecule has 0 atom stereocenters. The van der Waals surface area contributed by atoms with Crippen molar-refractivity contribution in [1.29, 1.82) is 0 Å². The van der Waals surface area contributed by atoms with E-state index in [9.17, 15) is 18.0 Å². The fourth-order valence-electron chi connectivity index (χ4n) is 1.26. The summed E-state index contributed by atoms with van der Waals surface area (Å²) in [6.45, 7) is 1.32. The highest BCUT2D eigenvalue weighted by Crippen LogP contribution is 2.27. The van der Waals surface area contributed by atoms with Gasteiger partial charge < -0.3 is 15.6 Å². The van der Waals surface area contributed by atoms with E-state index >= 15 is 0 Å². The van der Waals surface area contributed by atoms with Crippen LogP contribution < -0.4 is 10.5 Å². The lowest BCUT2D eigenvalue weighted by molar-refractivity contribution is -0.276. The maximum atomic E-state index is 12.0. The van der Waals surface area contributed by atoms with Crippen molar-refractivity contribution in [1.82, 2.24) is 4.98 Å². The Kier molecular flexibility index (Phi) is 3.56. The molecular weight excluding hydrogens is 241 g/mol. The van der Waals surface area contributed by atoms with Crippen LogP contribution >= 0.6 is 0 Å². The van der Waals surface area contributed by atoms with Crippen molar-refractivity contribution in [3.05, 3.63) is 22.9 Å². The number of hydrogen-bond acceptors (Lipinski definition) is 4. The highest BCUT2D eigenvalue weighted by molar-refractivity contribution is 5.92. The summed E-state index contributed by atoms with van der Waals surface area (Å²) < 4.78 is 39.6. The minimum absolute atomic E-state index is 0.0224. The van der Waals surface area contributed by atoms with Gasteiger partial charge in [-0.1, -0.05) is 0 Å². The number of pyridine rings is 1. The maximum Gasteiger partial charge on any atom is 0.574 e. The summed E-state index contributed by atoms with van der Waals surface area (Å²) in [5.74, 6) is -2.54. The lowest BCUT2D eigenvalue weighted by atomic mass is 10.1. The van der Waals surface area contributed by atoms with Crippen molar-refractivity contribution in [3.63, 3.8) is 0 Å². The van der Waals surface area contributed by atoms with Crippen LogP contribution in [0.15, 0.2) is 6.20 Å². The van der Waals surface area contributed by atoms with Crippen LogP contribution in [0.4, 0.5) is 13.2 Å². The molecule has 0 saturated heterocycles. The van der Waals surface area contributed by atoms with Crippen molar-refractivity contribution >= 4 is 5.97 Å². The summed E-state index contributed by atoms with van der Waals surface area (Å²) in [4.78, 5) is 14.2. The number of aromatic carboxylic acids is 1. The van der Waals surface area contributed by atoms with Gasteiger partial charge in [-0.2, -0.15) is 0 Å². The molecule has 0 aliphatic rings. The SMILES string of the molecule is Cc1c(CN)cnc(OC(F)(F)F)c1C(=O)O. The molecular formula is C9H9F3N2O3. The number of hydrogen-bond donors (Lipinski definition) is 2. The van der Waals surface area contributed by atoms with E-state index in [1.165, 1.54) is 6.92 Å². The molecule has 0 unspecified atom stereocenters. The normalized spacial score (nSPS) is 11.4. The predicted molar refractivity (Wildman–Crippen MR) is 50.5 cm³/mol. The second kappa shape index (κ2) is 4.58. The maximum absolute atomic E-state index is 12.0. The van der Waals surface area contributed by atoms with Gasteiger partial charge in [0.1, 0.15) is 5.56 Å². The number of halogens is 3. The monoisotopic (exact) mass is 250 g/mol.